The summed E-state index contributed by atoms with van der Waals surface area (Å²) in [7, 11) is 0. The lowest BCUT2D eigenvalue weighted by atomic mass is 10.2. The summed E-state index contributed by atoms with van der Waals surface area (Å²) < 4.78 is 19.7. The molecule has 0 bridgehead atoms. The van der Waals surface area contributed by atoms with Gasteiger partial charge in [-0.05, 0) is 37.3 Å². The number of nitrogens with zero attached hydrogens (tertiary/aromatic N) is 1. The summed E-state index contributed by atoms with van der Waals surface area (Å²) in [5.74, 6) is 0.238. The number of fused-ring (bicyclic) bond motifs is 2. The van der Waals surface area contributed by atoms with Gasteiger partial charge in [0.15, 0.2) is 5.13 Å². The first-order valence-electron chi connectivity index (χ1n) is 8.16. The summed E-state index contributed by atoms with van der Waals surface area (Å²) in [5, 5.41) is 7.35. The van der Waals surface area contributed by atoms with Crippen LogP contribution in [0.1, 0.15) is 18.7 Å². The molecule has 0 spiro atoms. The van der Waals surface area contributed by atoms with Crippen LogP contribution in [0.5, 0.6) is 0 Å². The average Bonchev–Trinajstić information content (AvgIpc) is 3.22. The third-order valence-corrected chi connectivity index (χ3v) is 4.97. The molecule has 0 aliphatic rings. The third-order valence-electron chi connectivity index (χ3n) is 4.04. The van der Waals surface area contributed by atoms with E-state index in [1.165, 1.54) is 23.5 Å². The van der Waals surface area contributed by atoms with Crippen LogP contribution in [0, 0.1) is 5.82 Å². The molecular weight excluding hydrogens is 353 g/mol. The molecule has 0 radical (unpaired) electrons. The molecular formula is C19H16FN3O2S. The first-order chi connectivity index (χ1) is 12.6. The number of nitrogens with one attached hydrogen (secondary N) is 2. The van der Waals surface area contributed by atoms with E-state index in [2.05, 4.69) is 15.6 Å². The molecule has 2 aromatic heterocycles. The highest BCUT2D eigenvalue weighted by Gasteiger charge is 2.14. The maximum atomic E-state index is 13.2. The van der Waals surface area contributed by atoms with Gasteiger partial charge in [-0.15, -0.1) is 0 Å². The molecule has 0 aliphatic heterocycles. The molecule has 0 aliphatic carbocycles. The minimum absolute atomic E-state index is 0.113. The second-order valence-corrected chi connectivity index (χ2v) is 7.00. The molecule has 132 valence electrons. The van der Waals surface area contributed by atoms with E-state index in [-0.39, 0.29) is 24.3 Å². The molecule has 1 unspecified atom stereocenters. The number of carbonyl (C=O) groups excluding carboxylic acids is 1. The lowest BCUT2D eigenvalue weighted by Crippen LogP contribution is -2.29. The van der Waals surface area contributed by atoms with Crippen molar-refractivity contribution < 1.29 is 13.6 Å². The molecule has 0 fully saturated rings. The van der Waals surface area contributed by atoms with Crippen LogP contribution in [0.4, 0.5) is 9.52 Å². The predicted octanol–water partition coefficient (Wildman–Crippen LogP) is 4.47. The standard InChI is InChI=1S/C19H16FN3O2S/c1-11(16-8-12-4-2-3-5-15(12)25-16)21-10-18(24)23-19-22-14-7-6-13(20)9-17(14)26-19/h2-9,11,21H,10H2,1H3,(H,22,23,24). The number of benzene rings is 2. The molecule has 1 atom stereocenters. The van der Waals surface area contributed by atoms with Gasteiger partial charge in [-0.2, -0.15) is 0 Å². The molecule has 5 nitrogen and oxygen atoms in total. The molecule has 7 heteroatoms. The molecule has 2 aromatic carbocycles. The summed E-state index contributed by atoms with van der Waals surface area (Å²) in [4.78, 5) is 16.4. The van der Waals surface area contributed by atoms with Gasteiger partial charge in [-0.1, -0.05) is 29.5 Å². The Morgan fingerprint density at radius 3 is 2.96 bits per heavy atom. The highest BCUT2D eigenvalue weighted by molar-refractivity contribution is 7.22. The SMILES string of the molecule is CC(NCC(=O)Nc1nc2ccc(F)cc2s1)c1cc2ccccc2o1. The number of carbonyl (C=O) groups is 1. The summed E-state index contributed by atoms with van der Waals surface area (Å²) in [5.41, 5.74) is 1.48. The Labute approximate surface area is 152 Å². The van der Waals surface area contributed by atoms with Crippen molar-refractivity contribution in [1.29, 1.82) is 0 Å². The Morgan fingerprint density at radius 1 is 1.27 bits per heavy atom. The van der Waals surface area contributed by atoms with Gasteiger partial charge >= 0.3 is 0 Å². The van der Waals surface area contributed by atoms with Gasteiger partial charge in [-0.25, -0.2) is 9.37 Å². The summed E-state index contributed by atoms with van der Waals surface area (Å²) in [6.07, 6.45) is 0. The molecule has 4 aromatic rings. The first kappa shape index (κ1) is 16.7. The van der Waals surface area contributed by atoms with Crippen molar-refractivity contribution in [3.8, 4) is 0 Å². The second kappa shape index (κ2) is 6.86. The van der Waals surface area contributed by atoms with E-state index < -0.39 is 0 Å². The van der Waals surface area contributed by atoms with E-state index in [0.717, 1.165) is 16.7 Å². The van der Waals surface area contributed by atoms with Crippen molar-refractivity contribution >= 4 is 43.6 Å². The number of halogens is 1. The zero-order valence-corrected chi connectivity index (χ0v) is 14.8. The maximum absolute atomic E-state index is 13.2. The molecule has 2 heterocycles. The highest BCUT2D eigenvalue weighted by Crippen LogP contribution is 2.26. The monoisotopic (exact) mass is 369 g/mol. The number of aromatic nitrogens is 1. The fraction of sp³-hybridized carbons (Fsp3) is 0.158. The fourth-order valence-corrected chi connectivity index (χ4v) is 3.58. The van der Waals surface area contributed by atoms with Crippen LogP contribution in [0.2, 0.25) is 0 Å². The van der Waals surface area contributed by atoms with Crippen LogP contribution >= 0.6 is 11.3 Å². The van der Waals surface area contributed by atoms with Crippen molar-refractivity contribution in [3.05, 3.63) is 60.1 Å². The minimum Gasteiger partial charge on any atom is -0.459 e. The largest absolute Gasteiger partial charge is 0.459 e. The van der Waals surface area contributed by atoms with E-state index >= 15 is 0 Å². The van der Waals surface area contributed by atoms with E-state index in [0.29, 0.717) is 15.3 Å². The van der Waals surface area contributed by atoms with Crippen LogP contribution < -0.4 is 10.6 Å². The Morgan fingerprint density at radius 2 is 2.12 bits per heavy atom. The molecule has 1 amide bonds. The number of rotatable bonds is 5. The fourth-order valence-electron chi connectivity index (χ4n) is 2.68. The number of furan rings is 1. The normalized spacial score (nSPS) is 12.5. The smallest absolute Gasteiger partial charge is 0.240 e. The predicted molar refractivity (Wildman–Crippen MR) is 101 cm³/mol. The van der Waals surface area contributed by atoms with Crippen molar-refractivity contribution in [2.45, 2.75) is 13.0 Å². The third kappa shape index (κ3) is 3.44. The molecule has 4 rings (SSSR count). The van der Waals surface area contributed by atoms with Gasteiger partial charge in [0.25, 0.3) is 0 Å². The van der Waals surface area contributed by atoms with Crippen LogP contribution in [0.3, 0.4) is 0 Å². The molecule has 0 saturated heterocycles. The van der Waals surface area contributed by atoms with E-state index in [4.69, 9.17) is 4.42 Å². The highest BCUT2D eigenvalue weighted by atomic mass is 32.1. The van der Waals surface area contributed by atoms with Crippen LogP contribution in [0.25, 0.3) is 21.2 Å². The number of amides is 1. The maximum Gasteiger partial charge on any atom is 0.240 e. The van der Waals surface area contributed by atoms with Crippen molar-refractivity contribution in [1.82, 2.24) is 10.3 Å². The van der Waals surface area contributed by atoms with Crippen molar-refractivity contribution in [3.63, 3.8) is 0 Å². The van der Waals surface area contributed by atoms with E-state index in [1.807, 2.05) is 37.3 Å². The molecule has 26 heavy (non-hydrogen) atoms. The second-order valence-electron chi connectivity index (χ2n) is 5.97. The summed E-state index contributed by atoms with van der Waals surface area (Å²) >= 11 is 1.24. The van der Waals surface area contributed by atoms with Crippen LogP contribution in [0.15, 0.2) is 52.9 Å². The lowest BCUT2D eigenvalue weighted by molar-refractivity contribution is -0.115. The van der Waals surface area contributed by atoms with E-state index in [1.54, 1.807) is 6.07 Å². The van der Waals surface area contributed by atoms with Crippen molar-refractivity contribution in [2.75, 3.05) is 11.9 Å². The Kier molecular flexibility index (Phi) is 4.40. The summed E-state index contributed by atoms with van der Waals surface area (Å²) in [6.45, 7) is 2.05. The number of hydrogen-bond acceptors (Lipinski definition) is 5. The van der Waals surface area contributed by atoms with Gasteiger partial charge in [0.1, 0.15) is 17.2 Å². The first-order valence-corrected chi connectivity index (χ1v) is 8.98. The Bertz CT molecular complexity index is 1060. The number of anilines is 1. The number of thiazole rings is 1. The molecule has 2 N–H and O–H groups in total. The van der Waals surface area contributed by atoms with Crippen LogP contribution in [-0.4, -0.2) is 17.4 Å². The number of hydrogen-bond donors (Lipinski definition) is 2. The van der Waals surface area contributed by atoms with Gasteiger partial charge in [0, 0.05) is 5.39 Å². The zero-order chi connectivity index (χ0) is 18.1. The zero-order valence-electron chi connectivity index (χ0n) is 14.0. The average molecular weight is 369 g/mol. The quantitative estimate of drug-likeness (QED) is 0.545. The number of para-hydroxylation sites is 1. The lowest BCUT2D eigenvalue weighted by Gasteiger charge is -2.10. The van der Waals surface area contributed by atoms with Crippen molar-refractivity contribution in [2.24, 2.45) is 0 Å². The summed E-state index contributed by atoms with van der Waals surface area (Å²) in [6, 6.07) is 14.0. The Hall–Kier alpha value is -2.77. The topological polar surface area (TPSA) is 67.2 Å². The van der Waals surface area contributed by atoms with Gasteiger partial charge in [0.2, 0.25) is 5.91 Å². The van der Waals surface area contributed by atoms with Gasteiger partial charge < -0.3 is 9.73 Å². The van der Waals surface area contributed by atoms with E-state index in [9.17, 15) is 9.18 Å². The molecule has 0 saturated carbocycles. The Balaban J connectivity index is 1.38. The van der Waals surface area contributed by atoms with Gasteiger partial charge in [0.05, 0.1) is 22.8 Å². The van der Waals surface area contributed by atoms with Crippen LogP contribution in [-0.2, 0) is 4.79 Å². The minimum atomic E-state index is -0.319. The van der Waals surface area contributed by atoms with Gasteiger partial charge in [-0.3, -0.25) is 10.1 Å².